The molecule has 2 atom stereocenters. The van der Waals surface area contributed by atoms with Crippen LogP contribution < -0.4 is 0 Å². The van der Waals surface area contributed by atoms with Crippen molar-refractivity contribution in [3.63, 3.8) is 0 Å². The van der Waals surface area contributed by atoms with Crippen molar-refractivity contribution in [3.05, 3.63) is 0 Å². The first-order valence-corrected chi connectivity index (χ1v) is 3.82. The fourth-order valence-electron chi connectivity index (χ4n) is 0.519. The van der Waals surface area contributed by atoms with E-state index in [1.165, 1.54) is 0 Å². The van der Waals surface area contributed by atoms with E-state index in [9.17, 15) is 0 Å². The minimum absolute atomic E-state index is 0.220. The van der Waals surface area contributed by atoms with Crippen LogP contribution in [0.5, 0.6) is 0 Å². The summed E-state index contributed by atoms with van der Waals surface area (Å²) >= 11 is 11.4. The van der Waals surface area contributed by atoms with E-state index in [2.05, 4.69) is 6.92 Å². The molecular formula is C6H12Cl2. The van der Waals surface area contributed by atoms with Gasteiger partial charge in [-0.2, -0.15) is 0 Å². The Bertz CT molecular complexity index is 52.5. The lowest BCUT2D eigenvalue weighted by atomic mass is 10.2. The third-order valence-corrected chi connectivity index (χ3v) is 1.69. The first-order chi connectivity index (χ1) is 3.66. The van der Waals surface area contributed by atoms with Crippen LogP contribution in [0.4, 0.5) is 0 Å². The molecule has 0 amide bonds. The van der Waals surface area contributed by atoms with Gasteiger partial charge in [0.1, 0.15) is 0 Å². The Morgan fingerprint density at radius 2 is 1.88 bits per heavy atom. The van der Waals surface area contributed by atoms with Gasteiger partial charge in [-0.3, -0.25) is 0 Å². The second kappa shape index (κ2) is 4.46. The highest BCUT2D eigenvalue weighted by Gasteiger charge is 2.04. The average Bonchev–Trinajstić information content (AvgIpc) is 1.65. The molecule has 2 unspecified atom stereocenters. The molecule has 8 heavy (non-hydrogen) atoms. The van der Waals surface area contributed by atoms with Gasteiger partial charge >= 0.3 is 0 Å². The Morgan fingerprint density at radius 1 is 1.38 bits per heavy atom. The van der Waals surface area contributed by atoms with Crippen LogP contribution in [0, 0.1) is 0 Å². The lowest BCUT2D eigenvalue weighted by molar-refractivity contribution is 0.717. The number of hydrogen-bond acceptors (Lipinski definition) is 0. The monoisotopic (exact) mass is 154 g/mol. The third-order valence-electron chi connectivity index (χ3n) is 1.02. The number of alkyl halides is 2. The molecule has 2 heteroatoms. The highest BCUT2D eigenvalue weighted by molar-refractivity contribution is 6.23. The Kier molecular flexibility index (Phi) is 4.78. The lowest BCUT2D eigenvalue weighted by Gasteiger charge is -2.05. The lowest BCUT2D eigenvalue weighted by Crippen LogP contribution is -2.02. The molecule has 0 nitrogen and oxygen atoms in total. The van der Waals surface area contributed by atoms with Crippen molar-refractivity contribution in [2.45, 2.75) is 37.4 Å². The Labute approximate surface area is 61.2 Å². The quantitative estimate of drug-likeness (QED) is 0.549. The molecule has 0 aliphatic rings. The molecule has 0 saturated heterocycles. The number of halogens is 2. The van der Waals surface area contributed by atoms with Crippen LogP contribution in [0.25, 0.3) is 0 Å². The average molecular weight is 155 g/mol. The van der Waals surface area contributed by atoms with Crippen LogP contribution in [0.2, 0.25) is 0 Å². The normalized spacial score (nSPS) is 18.0. The largest absolute Gasteiger partial charge is 0.123 e. The molecule has 0 spiro atoms. The maximum absolute atomic E-state index is 5.78. The molecule has 0 aromatic rings. The predicted octanol–water partition coefficient (Wildman–Crippen LogP) is 3.02. The Hall–Kier alpha value is 0.580. The first-order valence-electron chi connectivity index (χ1n) is 2.95. The zero-order valence-electron chi connectivity index (χ0n) is 5.32. The Morgan fingerprint density at radius 3 is 2.00 bits per heavy atom. The summed E-state index contributed by atoms with van der Waals surface area (Å²) in [4.78, 5) is 0. The van der Waals surface area contributed by atoms with Crippen LogP contribution >= 0.6 is 23.2 Å². The summed E-state index contributed by atoms with van der Waals surface area (Å²) in [6.07, 6.45) is 1.93. The van der Waals surface area contributed by atoms with Gasteiger partial charge in [0.2, 0.25) is 0 Å². The third kappa shape index (κ3) is 4.73. The topological polar surface area (TPSA) is 0 Å². The van der Waals surface area contributed by atoms with Crippen LogP contribution in [-0.4, -0.2) is 10.8 Å². The van der Waals surface area contributed by atoms with Crippen molar-refractivity contribution in [2.24, 2.45) is 0 Å². The van der Waals surface area contributed by atoms with Crippen LogP contribution in [-0.2, 0) is 0 Å². The van der Waals surface area contributed by atoms with Gasteiger partial charge in [0.25, 0.3) is 0 Å². The van der Waals surface area contributed by atoms with E-state index in [0.29, 0.717) is 0 Å². The van der Waals surface area contributed by atoms with Crippen molar-refractivity contribution in [1.29, 1.82) is 0 Å². The summed E-state index contributed by atoms with van der Waals surface area (Å²) in [5, 5.41) is 0.486. The minimum Gasteiger partial charge on any atom is -0.123 e. The zero-order valence-corrected chi connectivity index (χ0v) is 6.84. The molecule has 0 bridgehead atoms. The highest BCUT2D eigenvalue weighted by Crippen LogP contribution is 2.12. The molecule has 0 aliphatic heterocycles. The standard InChI is InChI=1S/C6H12Cl2/c1-3-6(8)4-5(2)7/h5-6H,3-4H2,1-2H3. The summed E-state index contributed by atoms with van der Waals surface area (Å²) in [7, 11) is 0. The molecule has 0 N–H and O–H groups in total. The van der Waals surface area contributed by atoms with Crippen molar-refractivity contribution < 1.29 is 0 Å². The number of hydrogen-bond donors (Lipinski definition) is 0. The molecule has 0 aliphatic carbocycles. The summed E-state index contributed by atoms with van der Waals surface area (Å²) < 4.78 is 0. The maximum atomic E-state index is 5.78. The summed E-state index contributed by atoms with van der Waals surface area (Å²) in [6, 6.07) is 0. The summed E-state index contributed by atoms with van der Waals surface area (Å²) in [5.74, 6) is 0. The van der Waals surface area contributed by atoms with E-state index in [0.717, 1.165) is 12.8 Å². The van der Waals surface area contributed by atoms with E-state index in [1.807, 2.05) is 6.92 Å². The SMILES string of the molecule is CCC(Cl)CC(C)Cl. The molecule has 50 valence electrons. The zero-order chi connectivity index (χ0) is 6.57. The van der Waals surface area contributed by atoms with Gasteiger partial charge in [0.15, 0.2) is 0 Å². The molecule has 0 aromatic heterocycles. The molecule has 0 heterocycles. The van der Waals surface area contributed by atoms with Crippen LogP contribution in [0.15, 0.2) is 0 Å². The highest BCUT2D eigenvalue weighted by atomic mass is 35.5. The van der Waals surface area contributed by atoms with Gasteiger partial charge in [-0.25, -0.2) is 0 Å². The van der Waals surface area contributed by atoms with Gasteiger partial charge in [0, 0.05) is 10.8 Å². The maximum Gasteiger partial charge on any atom is 0.0347 e. The molecule has 0 fully saturated rings. The first kappa shape index (κ1) is 8.58. The smallest absolute Gasteiger partial charge is 0.0347 e. The second-order valence-corrected chi connectivity index (χ2v) is 3.38. The van der Waals surface area contributed by atoms with E-state index < -0.39 is 0 Å². The van der Waals surface area contributed by atoms with E-state index in [1.54, 1.807) is 0 Å². The fourth-order valence-corrected chi connectivity index (χ4v) is 1.09. The Balaban J connectivity index is 3.10. The van der Waals surface area contributed by atoms with Crippen LogP contribution in [0.3, 0.4) is 0 Å². The van der Waals surface area contributed by atoms with E-state index in [-0.39, 0.29) is 10.8 Å². The van der Waals surface area contributed by atoms with Gasteiger partial charge in [-0.15, -0.1) is 23.2 Å². The molecule has 0 rings (SSSR count). The summed E-state index contributed by atoms with van der Waals surface area (Å²) in [5.41, 5.74) is 0. The van der Waals surface area contributed by atoms with E-state index in [4.69, 9.17) is 23.2 Å². The van der Waals surface area contributed by atoms with Gasteiger partial charge < -0.3 is 0 Å². The molecule has 0 saturated carbocycles. The van der Waals surface area contributed by atoms with E-state index >= 15 is 0 Å². The summed E-state index contributed by atoms with van der Waals surface area (Å²) in [6.45, 7) is 4.03. The van der Waals surface area contributed by atoms with Crippen molar-refractivity contribution in [3.8, 4) is 0 Å². The predicted molar refractivity (Wildman–Crippen MR) is 39.9 cm³/mol. The molecular weight excluding hydrogens is 143 g/mol. The van der Waals surface area contributed by atoms with Gasteiger partial charge in [-0.1, -0.05) is 6.92 Å². The van der Waals surface area contributed by atoms with Crippen LogP contribution in [0.1, 0.15) is 26.7 Å². The van der Waals surface area contributed by atoms with Crippen molar-refractivity contribution in [2.75, 3.05) is 0 Å². The van der Waals surface area contributed by atoms with Gasteiger partial charge in [0.05, 0.1) is 0 Å². The minimum atomic E-state index is 0.220. The fraction of sp³-hybridized carbons (Fsp3) is 1.00. The molecule has 0 radical (unpaired) electrons. The van der Waals surface area contributed by atoms with Crippen molar-refractivity contribution in [1.82, 2.24) is 0 Å². The van der Waals surface area contributed by atoms with Crippen molar-refractivity contribution >= 4 is 23.2 Å². The van der Waals surface area contributed by atoms with Gasteiger partial charge in [-0.05, 0) is 19.8 Å². The molecule has 0 aromatic carbocycles. The number of rotatable bonds is 3. The second-order valence-electron chi connectivity index (χ2n) is 2.02.